The van der Waals surface area contributed by atoms with Crippen LogP contribution < -0.4 is 0 Å². The Hall–Kier alpha value is 0.190. The Bertz CT molecular complexity index is 437. The van der Waals surface area contributed by atoms with Gasteiger partial charge in [0.2, 0.25) is 0 Å². The van der Waals surface area contributed by atoms with Crippen molar-refractivity contribution in [2.24, 2.45) is 23.2 Å². The summed E-state index contributed by atoms with van der Waals surface area (Å²) in [5.41, 5.74) is 0.181. The number of rotatable bonds is 9. The predicted molar refractivity (Wildman–Crippen MR) is 95.5 cm³/mol. The van der Waals surface area contributed by atoms with Crippen LogP contribution in [0.1, 0.15) is 39.5 Å². The lowest BCUT2D eigenvalue weighted by atomic mass is 9.75. The van der Waals surface area contributed by atoms with Crippen LogP contribution in [0.25, 0.3) is 0 Å². The van der Waals surface area contributed by atoms with Crippen LogP contribution in [0.2, 0.25) is 0 Å². The molecule has 8 unspecified atom stereocenters. The summed E-state index contributed by atoms with van der Waals surface area (Å²) >= 11 is 4.76. The van der Waals surface area contributed by atoms with E-state index < -0.39 is 0 Å². The van der Waals surface area contributed by atoms with Crippen molar-refractivity contribution in [3.8, 4) is 0 Å². The topological polar surface area (TPSA) is 43.5 Å². The van der Waals surface area contributed by atoms with E-state index in [1.165, 1.54) is 25.7 Å². The number of epoxide rings is 2. The summed E-state index contributed by atoms with van der Waals surface area (Å²) in [5.74, 6) is 2.27. The molecule has 2 aliphatic carbocycles. The first-order valence-electron chi connectivity index (χ1n) is 9.68. The van der Waals surface area contributed by atoms with E-state index in [0.717, 1.165) is 50.8 Å². The lowest BCUT2D eigenvalue weighted by Crippen LogP contribution is -2.38. The fourth-order valence-electron chi connectivity index (χ4n) is 5.09. The highest BCUT2D eigenvalue weighted by molar-refractivity contribution is 7.80. The lowest BCUT2D eigenvalue weighted by molar-refractivity contribution is -0.0713. The Morgan fingerprint density at radius 3 is 2.62 bits per heavy atom. The van der Waals surface area contributed by atoms with Gasteiger partial charge in [-0.1, -0.05) is 6.92 Å². The zero-order valence-electron chi connectivity index (χ0n) is 15.0. The molecule has 24 heavy (non-hydrogen) atoms. The average molecular weight is 357 g/mol. The highest BCUT2D eigenvalue weighted by atomic mass is 32.1. The zero-order valence-corrected chi connectivity index (χ0v) is 15.9. The van der Waals surface area contributed by atoms with Gasteiger partial charge in [-0.25, -0.2) is 0 Å². The molecule has 2 bridgehead atoms. The van der Waals surface area contributed by atoms with Crippen molar-refractivity contribution >= 4 is 12.6 Å². The summed E-state index contributed by atoms with van der Waals surface area (Å²) in [7, 11) is 0. The number of fused-ring (bicyclic) bond motifs is 2. The molecule has 2 aliphatic heterocycles. The minimum atomic E-state index is 0.181. The number of hydrogen-bond donors (Lipinski definition) is 1. The van der Waals surface area contributed by atoms with Crippen molar-refractivity contribution in [2.75, 3.05) is 33.0 Å². The molecule has 4 aliphatic rings. The van der Waals surface area contributed by atoms with E-state index in [1.54, 1.807) is 0 Å². The molecule has 138 valence electrons. The van der Waals surface area contributed by atoms with Crippen molar-refractivity contribution in [3.63, 3.8) is 0 Å². The van der Waals surface area contributed by atoms with Crippen molar-refractivity contribution in [1.82, 2.24) is 0 Å². The van der Waals surface area contributed by atoms with Crippen LogP contribution in [0.15, 0.2) is 0 Å². The minimum absolute atomic E-state index is 0.181. The summed E-state index contributed by atoms with van der Waals surface area (Å²) < 4.78 is 23.1. The van der Waals surface area contributed by atoms with E-state index in [-0.39, 0.29) is 11.5 Å². The number of thiol groups is 1. The van der Waals surface area contributed by atoms with E-state index in [2.05, 4.69) is 13.8 Å². The smallest absolute Gasteiger partial charge is 0.107 e. The Balaban J connectivity index is 1.41. The molecule has 4 rings (SSSR count). The van der Waals surface area contributed by atoms with Crippen LogP contribution in [-0.4, -0.2) is 56.6 Å². The maximum atomic E-state index is 6.27. The first kappa shape index (κ1) is 17.6. The highest BCUT2D eigenvalue weighted by Crippen LogP contribution is 2.57. The average Bonchev–Trinajstić information content (AvgIpc) is 3.45. The van der Waals surface area contributed by atoms with Gasteiger partial charge in [0.05, 0.1) is 39.1 Å². The SMILES string of the molecule is CC(S)C1CCC2CC1CC2(COCC1CO1)COC(C)C1CO1. The van der Waals surface area contributed by atoms with Crippen LogP contribution >= 0.6 is 12.6 Å². The molecule has 8 atom stereocenters. The largest absolute Gasteiger partial charge is 0.378 e. The van der Waals surface area contributed by atoms with E-state index in [9.17, 15) is 0 Å². The fraction of sp³-hybridized carbons (Fsp3) is 1.00. The zero-order chi connectivity index (χ0) is 16.7. The van der Waals surface area contributed by atoms with Crippen LogP contribution in [0.3, 0.4) is 0 Å². The maximum absolute atomic E-state index is 6.27. The van der Waals surface area contributed by atoms with Gasteiger partial charge in [0.1, 0.15) is 12.2 Å². The van der Waals surface area contributed by atoms with E-state index >= 15 is 0 Å². The molecule has 0 aromatic heterocycles. The van der Waals surface area contributed by atoms with Crippen molar-refractivity contribution < 1.29 is 18.9 Å². The molecule has 4 fully saturated rings. The standard InChI is InChI=1S/C19H32O4S/c1-12(18-9-22-18)23-11-19(10-20-7-16-8-21-16)6-14-5-15(19)3-4-17(14)13(2)24/h12-18,24H,3-11H2,1-2H3. The van der Waals surface area contributed by atoms with E-state index in [1.807, 2.05) is 0 Å². The van der Waals surface area contributed by atoms with Crippen LogP contribution in [0, 0.1) is 23.2 Å². The molecule has 0 aromatic carbocycles. The highest BCUT2D eigenvalue weighted by Gasteiger charge is 2.53. The molecule has 0 radical (unpaired) electrons. The molecule has 5 heteroatoms. The van der Waals surface area contributed by atoms with Crippen LogP contribution in [0.5, 0.6) is 0 Å². The second-order valence-corrected chi connectivity index (χ2v) is 9.41. The molecule has 2 saturated heterocycles. The molecule has 0 spiro atoms. The molecule has 0 N–H and O–H groups in total. The summed E-state index contributed by atoms with van der Waals surface area (Å²) in [6.07, 6.45) is 6.03. The Morgan fingerprint density at radius 2 is 1.96 bits per heavy atom. The van der Waals surface area contributed by atoms with Gasteiger partial charge in [0.15, 0.2) is 0 Å². The van der Waals surface area contributed by atoms with Gasteiger partial charge in [0, 0.05) is 10.7 Å². The van der Waals surface area contributed by atoms with Gasteiger partial charge in [-0.05, 0) is 50.4 Å². The second kappa shape index (κ2) is 7.07. The van der Waals surface area contributed by atoms with Crippen molar-refractivity contribution in [1.29, 1.82) is 0 Å². The lowest BCUT2D eigenvalue weighted by Gasteiger charge is -2.36. The van der Waals surface area contributed by atoms with Crippen molar-refractivity contribution in [2.45, 2.75) is 63.1 Å². The molecular weight excluding hydrogens is 324 g/mol. The van der Waals surface area contributed by atoms with Gasteiger partial charge >= 0.3 is 0 Å². The Morgan fingerprint density at radius 1 is 1.17 bits per heavy atom. The second-order valence-electron chi connectivity index (χ2n) is 8.60. The fourth-order valence-corrected chi connectivity index (χ4v) is 5.48. The Labute approximate surface area is 151 Å². The van der Waals surface area contributed by atoms with E-state index in [4.69, 9.17) is 31.6 Å². The first-order chi connectivity index (χ1) is 11.6. The maximum Gasteiger partial charge on any atom is 0.107 e. The molecular formula is C19H32O4S. The third-order valence-electron chi connectivity index (χ3n) is 6.81. The number of ether oxygens (including phenoxy) is 4. The third-order valence-corrected chi connectivity index (χ3v) is 7.19. The van der Waals surface area contributed by atoms with E-state index in [0.29, 0.717) is 17.5 Å². The Kier molecular flexibility index (Phi) is 5.18. The summed E-state index contributed by atoms with van der Waals surface area (Å²) in [6, 6.07) is 0. The van der Waals surface area contributed by atoms with Crippen molar-refractivity contribution in [3.05, 3.63) is 0 Å². The molecule has 0 amide bonds. The number of hydrogen-bond acceptors (Lipinski definition) is 5. The predicted octanol–water partition coefficient (Wildman–Crippen LogP) is 2.95. The van der Waals surface area contributed by atoms with Gasteiger partial charge in [-0.3, -0.25) is 0 Å². The molecule has 2 heterocycles. The van der Waals surface area contributed by atoms with Crippen LogP contribution in [0.4, 0.5) is 0 Å². The minimum Gasteiger partial charge on any atom is -0.378 e. The van der Waals surface area contributed by atoms with Gasteiger partial charge in [0.25, 0.3) is 0 Å². The van der Waals surface area contributed by atoms with Gasteiger partial charge in [-0.15, -0.1) is 0 Å². The summed E-state index contributed by atoms with van der Waals surface area (Å²) in [5, 5.41) is 0.493. The van der Waals surface area contributed by atoms with Gasteiger partial charge in [-0.2, -0.15) is 12.6 Å². The quantitative estimate of drug-likeness (QED) is 0.510. The molecule has 0 aromatic rings. The summed E-state index contributed by atoms with van der Waals surface area (Å²) in [6.45, 7) is 8.50. The normalized spacial score (nSPS) is 45.9. The molecule has 2 saturated carbocycles. The first-order valence-corrected chi connectivity index (χ1v) is 10.2. The third kappa shape index (κ3) is 3.80. The molecule has 4 nitrogen and oxygen atoms in total. The van der Waals surface area contributed by atoms with Crippen LogP contribution in [-0.2, 0) is 18.9 Å². The monoisotopic (exact) mass is 356 g/mol. The van der Waals surface area contributed by atoms with Gasteiger partial charge < -0.3 is 18.9 Å². The summed E-state index contributed by atoms with van der Waals surface area (Å²) in [4.78, 5) is 0.